The maximum atomic E-state index is 15.7. The molecule has 1 saturated carbocycles. The fourth-order valence-electron chi connectivity index (χ4n) is 4.87. The summed E-state index contributed by atoms with van der Waals surface area (Å²) in [5.74, 6) is 0.166. The molecule has 2 aliphatic carbocycles. The zero-order chi connectivity index (χ0) is 21.0. The maximum absolute atomic E-state index is 15.7. The first kappa shape index (κ1) is 19.0. The van der Waals surface area contributed by atoms with Crippen molar-refractivity contribution in [1.29, 1.82) is 0 Å². The Labute approximate surface area is 172 Å². The monoisotopic (exact) mass is 414 g/mol. The molecule has 2 fully saturated rings. The summed E-state index contributed by atoms with van der Waals surface area (Å²) in [6.45, 7) is 1.39. The number of rotatable bonds is 4. The Morgan fingerprint density at radius 3 is 2.87 bits per heavy atom. The number of nitrogens with one attached hydrogen (secondary N) is 1. The van der Waals surface area contributed by atoms with E-state index in [1.54, 1.807) is 4.57 Å². The number of hydrogen-bond acceptors (Lipinski definition) is 6. The summed E-state index contributed by atoms with van der Waals surface area (Å²) in [6, 6.07) is 0.269. The van der Waals surface area contributed by atoms with Gasteiger partial charge in [-0.3, -0.25) is 4.79 Å². The van der Waals surface area contributed by atoms with Crippen LogP contribution in [0.15, 0.2) is 29.3 Å². The predicted octanol–water partition coefficient (Wildman–Crippen LogP) is 2.53. The molecule has 1 aliphatic heterocycles. The molecule has 3 atom stereocenters. The number of aromatic nitrogens is 2. The minimum Gasteiger partial charge on any atom is -0.449 e. The Balaban J connectivity index is 1.59. The maximum Gasteiger partial charge on any atom is 0.511 e. The zero-order valence-corrected chi connectivity index (χ0v) is 16.5. The molecule has 8 nitrogen and oxygen atoms in total. The second-order valence-corrected chi connectivity index (χ2v) is 8.29. The molecule has 2 aromatic rings. The molecule has 3 aliphatic rings. The molecule has 30 heavy (non-hydrogen) atoms. The number of nitrogens with zero attached hydrogens (tertiary/aromatic N) is 3. The van der Waals surface area contributed by atoms with Gasteiger partial charge in [0.2, 0.25) is 5.43 Å². The average Bonchev–Trinajstić information content (AvgIpc) is 3.47. The number of pyridine rings is 2. The normalized spacial score (nSPS) is 25.5. The highest BCUT2D eigenvalue weighted by Gasteiger charge is 2.39. The van der Waals surface area contributed by atoms with Crippen molar-refractivity contribution in [2.24, 2.45) is 11.8 Å². The summed E-state index contributed by atoms with van der Waals surface area (Å²) in [5, 5.41) is 12.3. The minimum atomic E-state index is -1.58. The van der Waals surface area contributed by atoms with Crippen molar-refractivity contribution >= 4 is 22.9 Å². The Kier molecular flexibility index (Phi) is 4.50. The number of allylic oxidation sites excluding steroid dienone is 1. The van der Waals surface area contributed by atoms with Crippen LogP contribution in [0.3, 0.4) is 0 Å². The van der Waals surface area contributed by atoms with Gasteiger partial charge in [0, 0.05) is 37.3 Å². The number of fused-ring (bicyclic) bond motifs is 2. The van der Waals surface area contributed by atoms with Crippen LogP contribution in [0.1, 0.15) is 25.3 Å². The number of anilines is 1. The van der Waals surface area contributed by atoms with E-state index >= 15 is 4.39 Å². The number of ether oxygens (including phenoxy) is 1. The van der Waals surface area contributed by atoms with Gasteiger partial charge in [0.25, 0.3) is 0 Å². The summed E-state index contributed by atoms with van der Waals surface area (Å²) in [6.07, 6.45) is 8.06. The molecule has 0 bridgehead atoms. The molecule has 1 saturated heterocycles. The van der Waals surface area contributed by atoms with Crippen LogP contribution in [0.4, 0.5) is 15.0 Å². The fraction of sp³-hybridized carbons (Fsp3) is 0.476. The van der Waals surface area contributed by atoms with E-state index in [1.807, 2.05) is 11.9 Å². The summed E-state index contributed by atoms with van der Waals surface area (Å²) in [7, 11) is 1.93. The average molecular weight is 414 g/mol. The number of likely N-dealkylation sites (N-methyl/N-ethyl adjacent to an activating group) is 1. The van der Waals surface area contributed by atoms with Crippen molar-refractivity contribution in [1.82, 2.24) is 14.9 Å². The SMILES string of the molecule is CN[C@@H]1C=CC[C@@H]2CN(c3ncc4c(=O)c(OC(=O)O)cn(C5CC5)c4c3F)C[C@@H]21. The van der Waals surface area contributed by atoms with Crippen molar-refractivity contribution in [3.8, 4) is 5.75 Å². The smallest absolute Gasteiger partial charge is 0.449 e. The highest BCUT2D eigenvalue weighted by molar-refractivity contribution is 5.83. The van der Waals surface area contributed by atoms with Crippen LogP contribution in [0.2, 0.25) is 0 Å². The molecule has 5 rings (SSSR count). The van der Waals surface area contributed by atoms with Gasteiger partial charge in [0.15, 0.2) is 17.4 Å². The van der Waals surface area contributed by atoms with Gasteiger partial charge in [-0.25, -0.2) is 14.2 Å². The molecule has 0 unspecified atom stereocenters. The lowest BCUT2D eigenvalue weighted by molar-refractivity contribution is 0.143. The van der Waals surface area contributed by atoms with Gasteiger partial charge >= 0.3 is 6.16 Å². The molecule has 158 valence electrons. The lowest BCUT2D eigenvalue weighted by Crippen LogP contribution is -2.38. The number of carboxylic acid groups (broad SMARTS) is 1. The van der Waals surface area contributed by atoms with Crippen LogP contribution in [-0.2, 0) is 0 Å². The van der Waals surface area contributed by atoms with Crippen molar-refractivity contribution in [2.45, 2.75) is 31.3 Å². The molecular formula is C21H23FN4O4. The zero-order valence-electron chi connectivity index (χ0n) is 16.5. The molecule has 3 heterocycles. The molecule has 0 amide bonds. The summed E-state index contributed by atoms with van der Waals surface area (Å²) < 4.78 is 22.0. The highest BCUT2D eigenvalue weighted by atomic mass is 19.1. The quantitative estimate of drug-likeness (QED) is 0.586. The van der Waals surface area contributed by atoms with Gasteiger partial charge in [-0.1, -0.05) is 12.2 Å². The van der Waals surface area contributed by atoms with Crippen molar-refractivity contribution in [3.63, 3.8) is 0 Å². The van der Waals surface area contributed by atoms with E-state index in [9.17, 15) is 9.59 Å². The van der Waals surface area contributed by atoms with Gasteiger partial charge in [0.05, 0.1) is 17.1 Å². The topological polar surface area (TPSA) is 96.7 Å². The van der Waals surface area contributed by atoms with Crippen LogP contribution < -0.4 is 20.4 Å². The molecule has 9 heteroatoms. The van der Waals surface area contributed by atoms with E-state index in [0.717, 1.165) is 19.3 Å². The van der Waals surface area contributed by atoms with Crippen LogP contribution in [0, 0.1) is 17.7 Å². The molecule has 2 N–H and O–H groups in total. The molecular weight excluding hydrogens is 391 g/mol. The third-order valence-corrected chi connectivity index (χ3v) is 6.46. The van der Waals surface area contributed by atoms with Crippen LogP contribution >= 0.6 is 0 Å². The van der Waals surface area contributed by atoms with E-state index in [1.165, 1.54) is 12.4 Å². The molecule has 0 aromatic carbocycles. The molecule has 0 radical (unpaired) electrons. The summed E-state index contributed by atoms with van der Waals surface area (Å²) in [5.41, 5.74) is -0.500. The van der Waals surface area contributed by atoms with Crippen LogP contribution in [0.25, 0.3) is 10.9 Å². The minimum absolute atomic E-state index is 0.0213. The standard InChI is InChI=1S/C21H23FN4O4/c1-23-15-4-2-3-11-8-25(9-14(11)15)20-17(22)18-13(7-24-20)19(27)16(30-21(28)29)10-26(18)12-5-6-12/h2,4,7,10-12,14-15,23H,3,5-6,8-9H2,1H3,(H,28,29)/t11-,14+,15-/m1/s1. The lowest BCUT2D eigenvalue weighted by atomic mass is 9.82. The van der Waals surface area contributed by atoms with Gasteiger partial charge in [-0.15, -0.1) is 0 Å². The van der Waals surface area contributed by atoms with Gasteiger partial charge in [-0.2, -0.15) is 0 Å². The predicted molar refractivity (Wildman–Crippen MR) is 109 cm³/mol. The first-order valence-corrected chi connectivity index (χ1v) is 10.2. The van der Waals surface area contributed by atoms with Crippen molar-refractivity contribution < 1.29 is 19.0 Å². The summed E-state index contributed by atoms with van der Waals surface area (Å²) >= 11 is 0. The largest absolute Gasteiger partial charge is 0.511 e. The Bertz CT molecular complexity index is 1110. The Morgan fingerprint density at radius 1 is 1.37 bits per heavy atom. The lowest BCUT2D eigenvalue weighted by Gasteiger charge is -2.28. The van der Waals surface area contributed by atoms with Crippen LogP contribution in [0.5, 0.6) is 5.75 Å². The van der Waals surface area contributed by atoms with Gasteiger partial charge < -0.3 is 24.6 Å². The van der Waals surface area contributed by atoms with E-state index in [2.05, 4.69) is 27.2 Å². The van der Waals surface area contributed by atoms with Gasteiger partial charge in [-0.05, 0) is 32.2 Å². The van der Waals surface area contributed by atoms with Crippen molar-refractivity contribution in [3.05, 3.63) is 40.6 Å². The van der Waals surface area contributed by atoms with Crippen LogP contribution in [-0.4, -0.2) is 47.0 Å². The fourth-order valence-corrected chi connectivity index (χ4v) is 4.87. The number of hydrogen-bond donors (Lipinski definition) is 2. The Morgan fingerprint density at radius 2 is 2.17 bits per heavy atom. The Hall–Kier alpha value is -2.94. The molecule has 2 aromatic heterocycles. The first-order chi connectivity index (χ1) is 14.5. The van der Waals surface area contributed by atoms with E-state index in [0.29, 0.717) is 24.9 Å². The number of carbonyl (C=O) groups is 1. The van der Waals surface area contributed by atoms with Gasteiger partial charge in [0.1, 0.15) is 0 Å². The first-order valence-electron chi connectivity index (χ1n) is 10.2. The third kappa shape index (κ3) is 3.04. The second kappa shape index (κ2) is 7.09. The third-order valence-electron chi connectivity index (χ3n) is 6.46. The summed E-state index contributed by atoms with van der Waals surface area (Å²) in [4.78, 5) is 29.9. The molecule has 0 spiro atoms. The number of halogens is 1. The van der Waals surface area contributed by atoms with Crippen molar-refractivity contribution in [2.75, 3.05) is 25.0 Å². The second-order valence-electron chi connectivity index (χ2n) is 8.29. The van der Waals surface area contributed by atoms with E-state index in [4.69, 9.17) is 5.11 Å². The van der Waals surface area contributed by atoms with E-state index < -0.39 is 17.4 Å². The highest BCUT2D eigenvalue weighted by Crippen LogP contribution is 2.40. The van der Waals surface area contributed by atoms with E-state index in [-0.39, 0.29) is 34.6 Å².